The molecule has 0 bridgehead atoms. The number of carbonyl (C=O) groups is 1. The van der Waals surface area contributed by atoms with E-state index < -0.39 is 27.4 Å². The molecule has 0 fully saturated rings. The Kier molecular flexibility index (Phi) is 6.03. The minimum absolute atomic E-state index is 0.00353. The van der Waals surface area contributed by atoms with Gasteiger partial charge in [0.15, 0.2) is 20.8 Å². The van der Waals surface area contributed by atoms with Crippen LogP contribution in [0.5, 0.6) is 0 Å². The van der Waals surface area contributed by atoms with Gasteiger partial charge in [0, 0.05) is 6.07 Å². The number of benzene rings is 3. The van der Waals surface area contributed by atoms with Gasteiger partial charge in [-0.3, -0.25) is 9.69 Å². The molecule has 32 heavy (non-hydrogen) atoms. The summed E-state index contributed by atoms with van der Waals surface area (Å²) in [5, 5.41) is 0.141. The second-order valence-corrected chi connectivity index (χ2v) is 10.3. The molecule has 0 aliphatic rings. The first-order chi connectivity index (χ1) is 15.3. The zero-order chi connectivity index (χ0) is 22.9. The van der Waals surface area contributed by atoms with Crippen molar-refractivity contribution in [1.82, 2.24) is 4.98 Å². The summed E-state index contributed by atoms with van der Waals surface area (Å²) in [6.45, 7) is 1.58. The zero-order valence-corrected chi connectivity index (χ0v) is 18.6. The van der Waals surface area contributed by atoms with Crippen LogP contribution in [-0.2, 0) is 16.4 Å². The highest BCUT2D eigenvalue weighted by Gasteiger charge is 2.28. The Hall–Kier alpha value is -3.17. The third-order valence-corrected chi connectivity index (χ3v) is 7.71. The van der Waals surface area contributed by atoms with Crippen LogP contribution in [0.2, 0.25) is 0 Å². The van der Waals surface area contributed by atoms with Crippen molar-refractivity contribution in [2.75, 3.05) is 10.7 Å². The maximum absolute atomic E-state index is 14.3. The number of hydrogen-bond donors (Lipinski definition) is 0. The summed E-state index contributed by atoms with van der Waals surface area (Å²) in [6, 6.07) is 16.9. The monoisotopic (exact) mass is 472 g/mol. The predicted octanol–water partition coefficient (Wildman–Crippen LogP) is 5.22. The van der Waals surface area contributed by atoms with E-state index in [2.05, 4.69) is 4.98 Å². The molecule has 0 spiro atoms. The Morgan fingerprint density at radius 1 is 1.03 bits per heavy atom. The lowest BCUT2D eigenvalue weighted by Crippen LogP contribution is -2.31. The molecule has 0 unspecified atom stereocenters. The number of carbonyl (C=O) groups excluding carboxylic acids is 1. The minimum atomic E-state index is -3.67. The van der Waals surface area contributed by atoms with Crippen LogP contribution >= 0.6 is 11.3 Å². The highest BCUT2D eigenvalue weighted by Crippen LogP contribution is 2.33. The van der Waals surface area contributed by atoms with Gasteiger partial charge < -0.3 is 0 Å². The lowest BCUT2D eigenvalue weighted by atomic mass is 10.1. The maximum atomic E-state index is 14.3. The molecule has 0 aliphatic heterocycles. The van der Waals surface area contributed by atoms with Crippen molar-refractivity contribution < 1.29 is 22.0 Å². The van der Waals surface area contributed by atoms with Crippen LogP contribution in [-0.4, -0.2) is 25.1 Å². The number of rotatable bonds is 6. The SMILES string of the molecule is CCS(=O)(=O)c1ccccc1C(=O)N(Cc1ccccc1)c1nc2c(F)cc(F)cc2s1. The third kappa shape index (κ3) is 4.26. The van der Waals surface area contributed by atoms with Crippen molar-refractivity contribution in [3.8, 4) is 0 Å². The van der Waals surface area contributed by atoms with Crippen molar-refractivity contribution in [3.05, 3.63) is 89.5 Å². The van der Waals surface area contributed by atoms with E-state index in [9.17, 15) is 22.0 Å². The average Bonchev–Trinajstić information content (AvgIpc) is 3.22. The van der Waals surface area contributed by atoms with Gasteiger partial charge in [0.2, 0.25) is 0 Å². The minimum Gasteiger partial charge on any atom is -0.279 e. The standard InChI is InChI=1S/C23H18F2N2O3S2/c1-2-32(29,30)20-11-7-6-10-17(20)22(28)27(14-15-8-4-3-5-9-15)23-26-21-18(25)12-16(24)13-19(21)31-23/h3-13H,2,14H2,1H3. The molecule has 3 aromatic carbocycles. The summed E-state index contributed by atoms with van der Waals surface area (Å²) in [7, 11) is -3.67. The largest absolute Gasteiger partial charge is 0.279 e. The highest BCUT2D eigenvalue weighted by molar-refractivity contribution is 7.91. The molecule has 0 N–H and O–H groups in total. The fraction of sp³-hybridized carbons (Fsp3) is 0.130. The quantitative estimate of drug-likeness (QED) is 0.386. The van der Waals surface area contributed by atoms with Gasteiger partial charge in [0.25, 0.3) is 5.91 Å². The number of amides is 1. The van der Waals surface area contributed by atoms with Crippen molar-refractivity contribution in [3.63, 3.8) is 0 Å². The number of anilines is 1. The van der Waals surface area contributed by atoms with E-state index in [0.29, 0.717) is 0 Å². The van der Waals surface area contributed by atoms with E-state index >= 15 is 0 Å². The first-order valence-corrected chi connectivity index (χ1v) is 12.2. The lowest BCUT2D eigenvalue weighted by Gasteiger charge is -2.21. The van der Waals surface area contributed by atoms with E-state index in [1.807, 2.05) is 18.2 Å². The molecule has 0 atom stereocenters. The average molecular weight is 473 g/mol. The van der Waals surface area contributed by atoms with Gasteiger partial charge in [-0.05, 0) is 23.8 Å². The number of halogens is 2. The van der Waals surface area contributed by atoms with E-state index in [-0.39, 0.29) is 38.1 Å². The molecule has 0 aliphatic carbocycles. The van der Waals surface area contributed by atoms with Crippen molar-refractivity contribution in [1.29, 1.82) is 0 Å². The lowest BCUT2D eigenvalue weighted by molar-refractivity contribution is 0.0982. The van der Waals surface area contributed by atoms with Crippen LogP contribution in [0.1, 0.15) is 22.8 Å². The first kappa shape index (κ1) is 22.0. The van der Waals surface area contributed by atoms with E-state index in [4.69, 9.17) is 0 Å². The van der Waals surface area contributed by atoms with Gasteiger partial charge in [-0.2, -0.15) is 0 Å². The third-order valence-electron chi connectivity index (χ3n) is 4.89. The molecule has 164 valence electrons. The van der Waals surface area contributed by atoms with Gasteiger partial charge in [-0.15, -0.1) is 0 Å². The molecular weight excluding hydrogens is 454 g/mol. The van der Waals surface area contributed by atoms with Gasteiger partial charge in [-0.1, -0.05) is 60.7 Å². The second kappa shape index (κ2) is 8.76. The molecule has 9 heteroatoms. The molecule has 0 radical (unpaired) electrons. The van der Waals surface area contributed by atoms with Crippen molar-refractivity contribution in [2.24, 2.45) is 0 Å². The van der Waals surface area contributed by atoms with Crippen LogP contribution in [0.25, 0.3) is 10.2 Å². The fourth-order valence-corrected chi connectivity index (χ4v) is 5.36. The Bertz CT molecular complexity index is 1400. The van der Waals surface area contributed by atoms with Crippen molar-refractivity contribution >= 4 is 42.4 Å². The molecule has 0 saturated carbocycles. The van der Waals surface area contributed by atoms with Gasteiger partial charge in [0.05, 0.1) is 27.5 Å². The molecule has 4 rings (SSSR count). The van der Waals surface area contributed by atoms with Gasteiger partial charge in [0.1, 0.15) is 11.3 Å². The maximum Gasteiger partial charge on any atom is 0.261 e. The topological polar surface area (TPSA) is 67.3 Å². The number of aromatic nitrogens is 1. The number of nitrogens with zero attached hydrogens (tertiary/aromatic N) is 2. The molecular formula is C23H18F2N2O3S2. The number of hydrogen-bond acceptors (Lipinski definition) is 5. The van der Waals surface area contributed by atoms with Crippen LogP contribution in [0.3, 0.4) is 0 Å². The van der Waals surface area contributed by atoms with Gasteiger partial charge >= 0.3 is 0 Å². The van der Waals surface area contributed by atoms with E-state index in [1.165, 1.54) is 24.0 Å². The molecule has 0 saturated heterocycles. The van der Waals surface area contributed by atoms with Crippen LogP contribution in [0.15, 0.2) is 71.6 Å². The Morgan fingerprint density at radius 2 is 1.72 bits per heavy atom. The summed E-state index contributed by atoms with van der Waals surface area (Å²) in [5.41, 5.74) is 0.713. The predicted molar refractivity (Wildman–Crippen MR) is 121 cm³/mol. The number of fused-ring (bicyclic) bond motifs is 1. The highest BCUT2D eigenvalue weighted by atomic mass is 32.2. The summed E-state index contributed by atoms with van der Waals surface area (Å²) in [4.78, 5) is 19.1. The van der Waals surface area contributed by atoms with Crippen LogP contribution in [0.4, 0.5) is 13.9 Å². The fourth-order valence-electron chi connectivity index (χ4n) is 3.27. The molecule has 5 nitrogen and oxygen atoms in total. The second-order valence-electron chi connectivity index (χ2n) is 7.01. The van der Waals surface area contributed by atoms with Crippen LogP contribution < -0.4 is 4.90 Å². The molecule has 1 amide bonds. The van der Waals surface area contributed by atoms with Gasteiger partial charge in [-0.25, -0.2) is 22.2 Å². The number of thiazole rings is 1. The first-order valence-electron chi connectivity index (χ1n) is 9.73. The van der Waals surface area contributed by atoms with Crippen molar-refractivity contribution in [2.45, 2.75) is 18.4 Å². The normalized spacial score (nSPS) is 11.6. The molecule has 1 aromatic heterocycles. The Balaban J connectivity index is 1.86. The smallest absolute Gasteiger partial charge is 0.261 e. The Labute approximate surface area is 187 Å². The van der Waals surface area contributed by atoms with E-state index in [1.54, 1.807) is 24.3 Å². The number of sulfone groups is 1. The summed E-state index contributed by atoms with van der Waals surface area (Å²) in [5.74, 6) is -2.34. The summed E-state index contributed by atoms with van der Waals surface area (Å²) in [6.07, 6.45) is 0. The zero-order valence-electron chi connectivity index (χ0n) is 17.0. The van der Waals surface area contributed by atoms with Crippen LogP contribution in [0, 0.1) is 11.6 Å². The summed E-state index contributed by atoms with van der Waals surface area (Å²) < 4.78 is 53.4. The molecule has 4 aromatic rings. The summed E-state index contributed by atoms with van der Waals surface area (Å²) >= 11 is 0.960. The molecule has 1 heterocycles. The van der Waals surface area contributed by atoms with E-state index in [0.717, 1.165) is 29.0 Å². The Morgan fingerprint density at radius 3 is 2.44 bits per heavy atom.